The van der Waals surface area contributed by atoms with Crippen LogP contribution in [-0.2, 0) is 0 Å². The predicted octanol–water partition coefficient (Wildman–Crippen LogP) is 7.94. The summed E-state index contributed by atoms with van der Waals surface area (Å²) < 4.78 is 6.21. The normalized spacial score (nSPS) is 10.9. The maximum absolute atomic E-state index is 7.10. The summed E-state index contributed by atoms with van der Waals surface area (Å²) in [4.78, 5) is 0. The van der Waals surface area contributed by atoms with Crippen molar-refractivity contribution in [3.63, 3.8) is 0 Å². The Bertz CT molecular complexity index is 1390. The van der Waals surface area contributed by atoms with E-state index >= 15 is 0 Å². The highest BCUT2D eigenvalue weighted by Gasteiger charge is 2.13. The Kier molecular flexibility index (Phi) is 7.10. The van der Waals surface area contributed by atoms with E-state index in [1.165, 1.54) is 6.19 Å². The van der Waals surface area contributed by atoms with E-state index in [2.05, 4.69) is 73.5 Å². The Balaban J connectivity index is 0.000000913. The van der Waals surface area contributed by atoms with Gasteiger partial charge in [0.15, 0.2) is 6.19 Å². The molecule has 0 aliphatic carbocycles. The molecule has 0 spiro atoms. The average molecular weight is 419 g/mol. The van der Waals surface area contributed by atoms with Crippen molar-refractivity contribution in [1.29, 1.82) is 5.26 Å². The SMILES string of the molecule is C=Cc1c(/C=C\C)ccc2oc3cc(-c4cccc(C(=C)/C=C\C)c4)ccc3c12.N#CN. The summed E-state index contributed by atoms with van der Waals surface area (Å²) in [6.45, 7) is 12.2. The molecule has 2 N–H and O–H groups in total. The van der Waals surface area contributed by atoms with Crippen LogP contribution in [0.2, 0.25) is 0 Å². The molecule has 0 aliphatic heterocycles. The molecule has 0 aliphatic rings. The summed E-state index contributed by atoms with van der Waals surface area (Å²) in [5.74, 6) is 0. The highest BCUT2D eigenvalue weighted by atomic mass is 16.3. The fourth-order valence-electron chi connectivity index (χ4n) is 3.83. The average Bonchev–Trinajstić information content (AvgIpc) is 3.18. The van der Waals surface area contributed by atoms with Gasteiger partial charge < -0.3 is 10.2 Å². The smallest absolute Gasteiger partial charge is 0.173 e. The number of nitrogens with zero attached hydrogens (tertiary/aromatic N) is 1. The summed E-state index contributed by atoms with van der Waals surface area (Å²) in [5, 5.41) is 9.33. The Morgan fingerprint density at radius 1 is 1.00 bits per heavy atom. The summed E-state index contributed by atoms with van der Waals surface area (Å²) in [6, 6.07) is 19.0. The lowest BCUT2D eigenvalue weighted by Crippen LogP contribution is -1.83. The summed E-state index contributed by atoms with van der Waals surface area (Å²) in [7, 11) is 0. The second-order valence-corrected chi connectivity index (χ2v) is 7.19. The molecule has 0 radical (unpaired) electrons. The van der Waals surface area contributed by atoms with Gasteiger partial charge in [0.1, 0.15) is 11.2 Å². The van der Waals surface area contributed by atoms with Crippen LogP contribution in [-0.4, -0.2) is 0 Å². The van der Waals surface area contributed by atoms with Crippen LogP contribution in [0, 0.1) is 11.5 Å². The molecule has 1 aromatic heterocycles. The predicted molar refractivity (Wildman–Crippen MR) is 138 cm³/mol. The van der Waals surface area contributed by atoms with Gasteiger partial charge in [0.25, 0.3) is 0 Å². The van der Waals surface area contributed by atoms with Crippen molar-refractivity contribution in [2.75, 3.05) is 0 Å². The van der Waals surface area contributed by atoms with Gasteiger partial charge in [-0.2, -0.15) is 5.26 Å². The minimum atomic E-state index is 0.885. The van der Waals surface area contributed by atoms with Gasteiger partial charge >= 0.3 is 0 Å². The quantitative estimate of drug-likeness (QED) is 0.203. The number of benzene rings is 3. The zero-order valence-electron chi connectivity index (χ0n) is 18.4. The molecule has 0 fully saturated rings. The maximum atomic E-state index is 7.10. The van der Waals surface area contributed by atoms with Crippen LogP contribution in [0.1, 0.15) is 30.5 Å². The van der Waals surface area contributed by atoms with E-state index < -0.39 is 0 Å². The minimum absolute atomic E-state index is 0.885. The second kappa shape index (κ2) is 10.1. The number of hydrogen-bond donors (Lipinski definition) is 1. The number of nitrogens with two attached hydrogens (primary N) is 1. The topological polar surface area (TPSA) is 63.0 Å². The molecule has 4 aromatic rings. The van der Waals surface area contributed by atoms with Gasteiger partial charge in [-0.05, 0) is 71.5 Å². The number of hydrogen-bond acceptors (Lipinski definition) is 3. The number of allylic oxidation sites excluding steroid dienone is 4. The standard InChI is InChI=1S/C28H24O.CH2N2/c1-5-9-19(4)21-11-8-12-22(17-21)23-13-15-25-27(18-23)29-26-16-14-20(10-6-2)24(7-3)28(25)26;2-1-3/h5-18H,3-4H2,1-2H3;2H2/b9-5-,10-6-;. The maximum Gasteiger partial charge on any atom is 0.173 e. The number of furan rings is 1. The molecular formula is C29H26N2O. The summed E-state index contributed by atoms with van der Waals surface area (Å²) >= 11 is 0. The van der Waals surface area contributed by atoms with Crippen LogP contribution in [0.25, 0.3) is 50.8 Å². The number of nitriles is 1. The van der Waals surface area contributed by atoms with Crippen LogP contribution in [0.3, 0.4) is 0 Å². The van der Waals surface area contributed by atoms with Crippen LogP contribution < -0.4 is 5.73 Å². The van der Waals surface area contributed by atoms with Crippen molar-refractivity contribution in [3.8, 4) is 17.3 Å². The zero-order chi connectivity index (χ0) is 23.1. The first-order valence-corrected chi connectivity index (χ1v) is 10.3. The lowest BCUT2D eigenvalue weighted by molar-refractivity contribution is 0.669. The fraction of sp³-hybridized carbons (Fsp3) is 0.0690. The first-order valence-electron chi connectivity index (χ1n) is 10.3. The van der Waals surface area contributed by atoms with Gasteiger partial charge in [0, 0.05) is 10.8 Å². The van der Waals surface area contributed by atoms with Crippen molar-refractivity contribution in [3.05, 3.63) is 103 Å². The third-order valence-corrected chi connectivity index (χ3v) is 5.20. The number of rotatable bonds is 5. The van der Waals surface area contributed by atoms with Gasteiger partial charge in [0.2, 0.25) is 0 Å². The molecule has 3 aromatic carbocycles. The Morgan fingerprint density at radius 2 is 1.75 bits per heavy atom. The van der Waals surface area contributed by atoms with Gasteiger partial charge in [-0.3, -0.25) is 0 Å². The fourth-order valence-corrected chi connectivity index (χ4v) is 3.83. The molecule has 0 unspecified atom stereocenters. The molecular weight excluding hydrogens is 392 g/mol. The van der Waals surface area contributed by atoms with E-state index in [4.69, 9.17) is 9.68 Å². The van der Waals surface area contributed by atoms with E-state index in [-0.39, 0.29) is 0 Å². The van der Waals surface area contributed by atoms with Crippen molar-refractivity contribution < 1.29 is 4.42 Å². The highest BCUT2D eigenvalue weighted by Crippen LogP contribution is 2.36. The molecule has 0 bridgehead atoms. The van der Waals surface area contributed by atoms with Crippen LogP contribution in [0.5, 0.6) is 0 Å². The largest absolute Gasteiger partial charge is 0.456 e. The molecule has 3 nitrogen and oxygen atoms in total. The minimum Gasteiger partial charge on any atom is -0.456 e. The Morgan fingerprint density at radius 3 is 2.44 bits per heavy atom. The van der Waals surface area contributed by atoms with E-state index in [0.717, 1.165) is 55.3 Å². The zero-order valence-corrected chi connectivity index (χ0v) is 18.4. The van der Waals surface area contributed by atoms with E-state index in [1.807, 2.05) is 44.2 Å². The lowest BCUT2D eigenvalue weighted by Gasteiger charge is -2.06. The molecule has 32 heavy (non-hydrogen) atoms. The molecule has 1 heterocycles. The van der Waals surface area contributed by atoms with Gasteiger partial charge in [0.05, 0.1) is 0 Å². The monoisotopic (exact) mass is 418 g/mol. The molecule has 4 rings (SSSR count). The molecule has 3 heteroatoms. The third kappa shape index (κ3) is 4.40. The molecule has 158 valence electrons. The van der Waals surface area contributed by atoms with E-state index in [0.29, 0.717) is 0 Å². The van der Waals surface area contributed by atoms with Gasteiger partial charge in [-0.1, -0.05) is 73.9 Å². The third-order valence-electron chi connectivity index (χ3n) is 5.20. The van der Waals surface area contributed by atoms with Crippen LogP contribution in [0.15, 0.2) is 90.4 Å². The Hall–Kier alpha value is -4.29. The highest BCUT2D eigenvalue weighted by molar-refractivity contribution is 6.11. The molecule has 0 saturated carbocycles. The van der Waals surface area contributed by atoms with E-state index in [9.17, 15) is 0 Å². The summed E-state index contributed by atoms with van der Waals surface area (Å²) in [5.41, 5.74) is 12.6. The second-order valence-electron chi connectivity index (χ2n) is 7.19. The first-order chi connectivity index (χ1) is 15.6. The molecule has 0 amide bonds. The van der Waals surface area contributed by atoms with Crippen LogP contribution in [0.4, 0.5) is 0 Å². The van der Waals surface area contributed by atoms with Crippen molar-refractivity contribution in [2.24, 2.45) is 5.73 Å². The van der Waals surface area contributed by atoms with Gasteiger partial charge in [-0.15, -0.1) is 0 Å². The van der Waals surface area contributed by atoms with Crippen LogP contribution >= 0.6 is 0 Å². The van der Waals surface area contributed by atoms with Crippen molar-refractivity contribution in [2.45, 2.75) is 13.8 Å². The van der Waals surface area contributed by atoms with Gasteiger partial charge in [-0.25, -0.2) is 0 Å². The Labute approximate surface area is 189 Å². The number of fused-ring (bicyclic) bond motifs is 3. The molecule has 0 atom stereocenters. The molecule has 0 saturated heterocycles. The van der Waals surface area contributed by atoms with E-state index in [1.54, 1.807) is 0 Å². The lowest BCUT2D eigenvalue weighted by atomic mass is 9.97. The van der Waals surface area contributed by atoms with Crippen molar-refractivity contribution in [1.82, 2.24) is 0 Å². The first kappa shape index (κ1) is 22.4. The van der Waals surface area contributed by atoms with Crippen molar-refractivity contribution >= 4 is 39.7 Å². The summed E-state index contributed by atoms with van der Waals surface area (Å²) in [6.07, 6.45) is 11.3.